The molecule has 0 aliphatic carbocycles. The van der Waals surface area contributed by atoms with Crippen LogP contribution in [0.2, 0.25) is 0 Å². The van der Waals surface area contributed by atoms with Gasteiger partial charge in [0.15, 0.2) is 13.1 Å². The number of alkyl carbamates (subject to hydrolysis) is 1. The number of carbonyl (C=O) groups is 3. The first-order valence-electron chi connectivity index (χ1n) is 6.23. The quantitative estimate of drug-likeness (QED) is 0.581. The summed E-state index contributed by atoms with van der Waals surface area (Å²) in [6.07, 6.45) is -0.764. The lowest BCUT2D eigenvalue weighted by Crippen LogP contribution is -3.11. The second-order valence-electron chi connectivity index (χ2n) is 5.38. The van der Waals surface area contributed by atoms with Gasteiger partial charge in [-0.05, 0) is 27.7 Å². The highest BCUT2D eigenvalue weighted by Crippen LogP contribution is 1.96. The van der Waals surface area contributed by atoms with E-state index < -0.39 is 12.0 Å². The van der Waals surface area contributed by atoms with Crippen molar-refractivity contribution < 1.29 is 24.0 Å². The van der Waals surface area contributed by atoms with Crippen molar-refractivity contribution in [2.75, 3.05) is 26.7 Å². The molecule has 0 aliphatic heterocycles. The van der Waals surface area contributed by atoms with Gasteiger partial charge in [-0.3, -0.25) is 14.9 Å². The summed E-state index contributed by atoms with van der Waals surface area (Å²) in [7, 11) is 1.70. The van der Waals surface area contributed by atoms with Crippen LogP contribution in [0.3, 0.4) is 0 Å². The maximum Gasteiger partial charge on any atom is 0.414 e. The number of hydrogen-bond donors (Lipinski definition) is 3. The highest BCUT2D eigenvalue weighted by atomic mass is 16.5. The molecule has 0 rings (SSSR count). The Labute approximate surface area is 113 Å². The smallest absolute Gasteiger partial charge is 0.414 e. The number of imide groups is 1. The van der Waals surface area contributed by atoms with Crippen LogP contribution in [0.15, 0.2) is 0 Å². The summed E-state index contributed by atoms with van der Waals surface area (Å²) >= 11 is 0. The maximum absolute atomic E-state index is 11.6. The van der Waals surface area contributed by atoms with Crippen molar-refractivity contribution in [1.29, 1.82) is 0 Å². The van der Waals surface area contributed by atoms with E-state index in [1.807, 2.05) is 20.8 Å². The van der Waals surface area contributed by atoms with Crippen molar-refractivity contribution in [3.05, 3.63) is 0 Å². The Hall–Kier alpha value is -1.63. The number of likely N-dealkylation sites (N-methyl/N-ethyl adjacent to an activating group) is 1. The van der Waals surface area contributed by atoms with Crippen LogP contribution in [-0.4, -0.2) is 50.2 Å². The predicted octanol–water partition coefficient (Wildman–Crippen LogP) is -1.31. The normalized spacial score (nSPS) is 12.5. The molecule has 1 unspecified atom stereocenters. The van der Waals surface area contributed by atoms with Crippen molar-refractivity contribution >= 4 is 17.9 Å². The molecule has 0 spiro atoms. The Morgan fingerprint density at radius 3 is 2.11 bits per heavy atom. The topological polar surface area (TPSA) is 88.9 Å². The Morgan fingerprint density at radius 2 is 1.63 bits per heavy atom. The Kier molecular flexibility index (Phi) is 7.06. The first kappa shape index (κ1) is 17.4. The third-order valence-corrected chi connectivity index (χ3v) is 1.96. The van der Waals surface area contributed by atoms with E-state index in [1.54, 1.807) is 14.0 Å². The Morgan fingerprint density at radius 1 is 1.11 bits per heavy atom. The van der Waals surface area contributed by atoms with Gasteiger partial charge in [0.25, 0.3) is 11.8 Å². The second-order valence-corrected chi connectivity index (χ2v) is 5.38. The van der Waals surface area contributed by atoms with Crippen LogP contribution >= 0.6 is 0 Å². The Bertz CT molecular complexity index is 336. The van der Waals surface area contributed by atoms with Crippen LogP contribution in [0.5, 0.6) is 0 Å². The average Bonchev–Trinajstić information content (AvgIpc) is 2.12. The molecule has 110 valence electrons. The van der Waals surface area contributed by atoms with Gasteiger partial charge in [-0.15, -0.1) is 0 Å². The predicted molar refractivity (Wildman–Crippen MR) is 69.7 cm³/mol. The minimum atomic E-state index is -0.764. The van der Waals surface area contributed by atoms with E-state index in [0.717, 1.165) is 0 Å². The molecular weight excluding hydrogens is 250 g/mol. The summed E-state index contributed by atoms with van der Waals surface area (Å²) in [5, 5.41) is 4.88. The van der Waals surface area contributed by atoms with E-state index in [9.17, 15) is 14.4 Å². The van der Waals surface area contributed by atoms with Gasteiger partial charge in [0, 0.05) is 5.54 Å². The minimum Gasteiger partial charge on any atom is -0.450 e. The molecule has 3 N–H and O–H groups in total. The number of ether oxygens (including phenoxy) is 1. The van der Waals surface area contributed by atoms with Gasteiger partial charge < -0.3 is 15.0 Å². The van der Waals surface area contributed by atoms with Gasteiger partial charge in [-0.1, -0.05) is 0 Å². The zero-order chi connectivity index (χ0) is 15.1. The van der Waals surface area contributed by atoms with Crippen LogP contribution in [0.1, 0.15) is 27.7 Å². The van der Waals surface area contributed by atoms with Crippen LogP contribution in [0.4, 0.5) is 4.79 Å². The van der Waals surface area contributed by atoms with Crippen molar-refractivity contribution in [1.82, 2.24) is 10.6 Å². The highest BCUT2D eigenvalue weighted by Gasteiger charge is 2.19. The number of amides is 3. The summed E-state index contributed by atoms with van der Waals surface area (Å²) < 4.78 is 4.58. The summed E-state index contributed by atoms with van der Waals surface area (Å²) in [4.78, 5) is 34.7. The first-order valence-corrected chi connectivity index (χ1v) is 6.23. The van der Waals surface area contributed by atoms with Crippen molar-refractivity contribution in [3.8, 4) is 0 Å². The van der Waals surface area contributed by atoms with Crippen molar-refractivity contribution in [2.24, 2.45) is 0 Å². The average molecular weight is 274 g/mol. The van der Waals surface area contributed by atoms with Gasteiger partial charge >= 0.3 is 6.09 Å². The monoisotopic (exact) mass is 274 g/mol. The molecular formula is C12H24N3O4+. The molecule has 7 nitrogen and oxygen atoms in total. The van der Waals surface area contributed by atoms with E-state index in [2.05, 4.69) is 15.4 Å². The third kappa shape index (κ3) is 10.0. The molecule has 3 amide bonds. The highest BCUT2D eigenvalue weighted by molar-refractivity contribution is 5.92. The molecule has 0 aliphatic rings. The number of nitrogens with one attached hydrogen (secondary N) is 3. The first-order chi connectivity index (χ1) is 8.64. The van der Waals surface area contributed by atoms with E-state index >= 15 is 0 Å². The summed E-state index contributed by atoms with van der Waals surface area (Å²) in [5.74, 6) is -0.617. The molecule has 7 heteroatoms. The standard InChI is InChI=1S/C12H23N3O4/c1-6-19-11(18)13-9(16)7-15(5)8-10(17)14-12(2,3)4/h6-8H2,1-5H3,(H,14,17)(H,13,16,18)/p+1. The molecule has 0 aromatic carbocycles. The fourth-order valence-corrected chi connectivity index (χ4v) is 1.40. The zero-order valence-corrected chi connectivity index (χ0v) is 12.3. The third-order valence-electron chi connectivity index (χ3n) is 1.96. The second kappa shape index (κ2) is 7.73. The SMILES string of the molecule is CCOC(=O)NC(=O)C[NH+](C)CC(=O)NC(C)(C)C. The van der Waals surface area contributed by atoms with E-state index in [1.165, 1.54) is 0 Å². The fourth-order valence-electron chi connectivity index (χ4n) is 1.40. The van der Waals surface area contributed by atoms with E-state index in [-0.39, 0.29) is 31.1 Å². The molecule has 0 fully saturated rings. The zero-order valence-electron chi connectivity index (χ0n) is 12.3. The minimum absolute atomic E-state index is 0.0242. The molecule has 0 radical (unpaired) electrons. The van der Waals surface area contributed by atoms with E-state index in [0.29, 0.717) is 4.90 Å². The summed E-state index contributed by atoms with van der Waals surface area (Å²) in [6, 6.07) is 0. The fraction of sp³-hybridized carbons (Fsp3) is 0.750. The van der Waals surface area contributed by atoms with E-state index in [4.69, 9.17) is 0 Å². The van der Waals surface area contributed by atoms with Crippen LogP contribution < -0.4 is 15.5 Å². The van der Waals surface area contributed by atoms with Gasteiger partial charge in [0.05, 0.1) is 13.7 Å². The summed E-state index contributed by atoms with van der Waals surface area (Å²) in [6.45, 7) is 7.69. The van der Waals surface area contributed by atoms with Gasteiger partial charge in [0.2, 0.25) is 0 Å². The lowest BCUT2D eigenvalue weighted by Gasteiger charge is -2.21. The van der Waals surface area contributed by atoms with Gasteiger partial charge in [0.1, 0.15) is 0 Å². The molecule has 0 saturated heterocycles. The lowest BCUT2D eigenvalue weighted by molar-refractivity contribution is -0.862. The number of quaternary nitrogens is 1. The molecule has 1 atom stereocenters. The Balaban J connectivity index is 4.03. The van der Waals surface area contributed by atoms with Crippen LogP contribution in [0, 0.1) is 0 Å². The van der Waals surface area contributed by atoms with Crippen molar-refractivity contribution in [3.63, 3.8) is 0 Å². The number of hydrogen-bond acceptors (Lipinski definition) is 4. The molecule has 0 saturated carbocycles. The molecule has 0 heterocycles. The van der Waals surface area contributed by atoms with Crippen LogP contribution in [-0.2, 0) is 14.3 Å². The number of carbonyl (C=O) groups excluding carboxylic acids is 3. The van der Waals surface area contributed by atoms with Gasteiger partial charge in [-0.25, -0.2) is 4.79 Å². The van der Waals surface area contributed by atoms with Gasteiger partial charge in [-0.2, -0.15) is 0 Å². The van der Waals surface area contributed by atoms with Crippen molar-refractivity contribution in [2.45, 2.75) is 33.2 Å². The molecule has 0 aromatic rings. The molecule has 0 aromatic heterocycles. The molecule has 0 bridgehead atoms. The van der Waals surface area contributed by atoms with Crippen LogP contribution in [0.25, 0.3) is 0 Å². The maximum atomic E-state index is 11.6. The number of rotatable bonds is 5. The largest absolute Gasteiger partial charge is 0.450 e. The molecule has 19 heavy (non-hydrogen) atoms. The lowest BCUT2D eigenvalue weighted by atomic mass is 10.1. The summed E-state index contributed by atoms with van der Waals surface area (Å²) in [5.41, 5.74) is -0.301.